The molecule has 0 bridgehead atoms. The molecule has 1 aromatic rings. The lowest BCUT2D eigenvalue weighted by atomic mass is 10.1. The number of carboxylic acids is 1. The summed E-state index contributed by atoms with van der Waals surface area (Å²) in [6.45, 7) is 6.69. The van der Waals surface area contributed by atoms with Crippen molar-refractivity contribution in [1.29, 1.82) is 0 Å². The molecule has 1 aliphatic rings. The van der Waals surface area contributed by atoms with E-state index in [0.717, 1.165) is 25.2 Å². The van der Waals surface area contributed by atoms with E-state index in [0.29, 0.717) is 5.56 Å². The Kier molecular flexibility index (Phi) is 3.99. The molecule has 1 aliphatic heterocycles. The van der Waals surface area contributed by atoms with E-state index in [1.165, 1.54) is 0 Å². The van der Waals surface area contributed by atoms with Gasteiger partial charge < -0.3 is 9.84 Å². The van der Waals surface area contributed by atoms with Gasteiger partial charge in [-0.3, -0.25) is 4.90 Å². The van der Waals surface area contributed by atoms with Crippen LogP contribution in [0.25, 0.3) is 0 Å². The van der Waals surface area contributed by atoms with Gasteiger partial charge in [0.2, 0.25) is 0 Å². The normalized spacial score (nSPS) is 25.0. The molecule has 1 fully saturated rings. The molecule has 1 aromatic carbocycles. The van der Waals surface area contributed by atoms with E-state index in [1.54, 1.807) is 18.2 Å². The van der Waals surface area contributed by atoms with Crippen molar-refractivity contribution in [3.8, 4) is 0 Å². The molecule has 0 aromatic heterocycles. The van der Waals surface area contributed by atoms with Crippen LogP contribution in [-0.4, -0.2) is 41.3 Å². The molecule has 1 saturated heterocycles. The second kappa shape index (κ2) is 5.50. The lowest BCUT2D eigenvalue weighted by molar-refractivity contribution is -0.0705. The van der Waals surface area contributed by atoms with Gasteiger partial charge in [-0.2, -0.15) is 0 Å². The number of carbonyl (C=O) groups is 1. The number of morpholine rings is 1. The van der Waals surface area contributed by atoms with Gasteiger partial charge in [-0.05, 0) is 31.5 Å². The summed E-state index contributed by atoms with van der Waals surface area (Å²) in [5.74, 6) is -0.874. The van der Waals surface area contributed by atoms with Crippen molar-refractivity contribution in [3.05, 3.63) is 35.4 Å². The predicted octanol–water partition coefficient (Wildman–Crippen LogP) is 1.99. The van der Waals surface area contributed by atoms with Crippen molar-refractivity contribution in [2.75, 3.05) is 13.1 Å². The number of hydrogen-bond donors (Lipinski definition) is 1. The smallest absolute Gasteiger partial charge is 0.335 e. The highest BCUT2D eigenvalue weighted by Gasteiger charge is 2.22. The maximum Gasteiger partial charge on any atom is 0.335 e. The van der Waals surface area contributed by atoms with Crippen LogP contribution in [-0.2, 0) is 11.3 Å². The van der Waals surface area contributed by atoms with Gasteiger partial charge >= 0.3 is 5.97 Å². The topological polar surface area (TPSA) is 49.8 Å². The van der Waals surface area contributed by atoms with Crippen LogP contribution in [0.15, 0.2) is 24.3 Å². The number of rotatable bonds is 3. The van der Waals surface area contributed by atoms with E-state index < -0.39 is 5.97 Å². The third-order valence-corrected chi connectivity index (χ3v) is 3.08. The lowest BCUT2D eigenvalue weighted by Gasteiger charge is -2.35. The lowest BCUT2D eigenvalue weighted by Crippen LogP contribution is -2.44. The van der Waals surface area contributed by atoms with Gasteiger partial charge in [0, 0.05) is 19.6 Å². The Morgan fingerprint density at radius 2 is 2.06 bits per heavy atom. The highest BCUT2D eigenvalue weighted by Crippen LogP contribution is 2.15. The van der Waals surface area contributed by atoms with Gasteiger partial charge in [-0.25, -0.2) is 4.79 Å². The van der Waals surface area contributed by atoms with Crippen LogP contribution in [0.1, 0.15) is 29.8 Å². The molecule has 2 rings (SSSR count). The molecule has 0 radical (unpaired) electrons. The van der Waals surface area contributed by atoms with Gasteiger partial charge in [0.05, 0.1) is 17.8 Å². The van der Waals surface area contributed by atoms with Crippen LogP contribution in [0.5, 0.6) is 0 Å². The Morgan fingerprint density at radius 3 is 2.67 bits per heavy atom. The van der Waals surface area contributed by atoms with Gasteiger partial charge in [-0.1, -0.05) is 12.1 Å². The number of ether oxygens (including phenoxy) is 1. The minimum absolute atomic E-state index is 0.233. The minimum atomic E-state index is -0.874. The maximum absolute atomic E-state index is 10.9. The van der Waals surface area contributed by atoms with Crippen molar-refractivity contribution < 1.29 is 14.6 Å². The summed E-state index contributed by atoms with van der Waals surface area (Å²) in [5.41, 5.74) is 1.39. The highest BCUT2D eigenvalue weighted by molar-refractivity contribution is 5.87. The van der Waals surface area contributed by atoms with Crippen molar-refractivity contribution in [2.45, 2.75) is 32.6 Å². The fourth-order valence-corrected chi connectivity index (χ4v) is 2.47. The Morgan fingerprint density at radius 1 is 1.39 bits per heavy atom. The third-order valence-electron chi connectivity index (χ3n) is 3.08. The number of benzene rings is 1. The first-order valence-corrected chi connectivity index (χ1v) is 6.24. The summed E-state index contributed by atoms with van der Waals surface area (Å²) < 4.78 is 5.68. The zero-order valence-electron chi connectivity index (χ0n) is 10.8. The molecular weight excluding hydrogens is 230 g/mol. The Bertz CT molecular complexity index is 423. The van der Waals surface area contributed by atoms with Crippen molar-refractivity contribution in [3.63, 3.8) is 0 Å². The summed E-state index contributed by atoms with van der Waals surface area (Å²) in [5, 5.41) is 8.97. The van der Waals surface area contributed by atoms with E-state index >= 15 is 0 Å². The standard InChI is InChI=1S/C14H19NO3/c1-10-7-15(8-11(2)18-10)9-12-4-3-5-13(6-12)14(16)17/h3-6,10-11H,7-9H2,1-2H3,(H,16,17). The molecule has 4 heteroatoms. The summed E-state index contributed by atoms with van der Waals surface area (Å²) in [6.07, 6.45) is 0.466. The highest BCUT2D eigenvalue weighted by atomic mass is 16.5. The van der Waals surface area contributed by atoms with E-state index in [-0.39, 0.29) is 12.2 Å². The summed E-state index contributed by atoms with van der Waals surface area (Å²) >= 11 is 0. The molecule has 2 atom stereocenters. The number of nitrogens with zero attached hydrogens (tertiary/aromatic N) is 1. The first kappa shape index (κ1) is 13.1. The molecule has 0 saturated carbocycles. The van der Waals surface area contributed by atoms with Gasteiger partial charge in [0.15, 0.2) is 0 Å². The van der Waals surface area contributed by atoms with Gasteiger partial charge in [0.1, 0.15) is 0 Å². The molecule has 98 valence electrons. The first-order valence-electron chi connectivity index (χ1n) is 6.24. The van der Waals surface area contributed by atoms with Gasteiger partial charge in [0.25, 0.3) is 0 Å². The monoisotopic (exact) mass is 249 g/mol. The molecule has 1 heterocycles. The van der Waals surface area contributed by atoms with E-state index in [2.05, 4.69) is 18.7 Å². The average molecular weight is 249 g/mol. The second-order valence-corrected chi connectivity index (χ2v) is 4.96. The molecule has 2 unspecified atom stereocenters. The Balaban J connectivity index is 2.04. The van der Waals surface area contributed by atoms with E-state index in [4.69, 9.17) is 9.84 Å². The fourth-order valence-electron chi connectivity index (χ4n) is 2.47. The molecule has 4 nitrogen and oxygen atoms in total. The summed E-state index contributed by atoms with van der Waals surface area (Å²) in [6, 6.07) is 7.13. The number of carboxylic acid groups (broad SMARTS) is 1. The van der Waals surface area contributed by atoms with E-state index in [1.807, 2.05) is 6.07 Å². The number of aromatic carboxylic acids is 1. The Hall–Kier alpha value is -1.39. The fraction of sp³-hybridized carbons (Fsp3) is 0.500. The van der Waals surface area contributed by atoms with Crippen molar-refractivity contribution in [1.82, 2.24) is 4.90 Å². The quantitative estimate of drug-likeness (QED) is 0.890. The van der Waals surface area contributed by atoms with Crippen molar-refractivity contribution >= 4 is 5.97 Å². The summed E-state index contributed by atoms with van der Waals surface area (Å²) in [7, 11) is 0. The zero-order chi connectivity index (χ0) is 13.1. The van der Waals surface area contributed by atoms with Crippen molar-refractivity contribution in [2.24, 2.45) is 0 Å². The number of hydrogen-bond acceptors (Lipinski definition) is 3. The van der Waals surface area contributed by atoms with Crippen LogP contribution >= 0.6 is 0 Å². The predicted molar refractivity (Wildman–Crippen MR) is 68.7 cm³/mol. The van der Waals surface area contributed by atoms with Crippen LogP contribution in [0.4, 0.5) is 0 Å². The van der Waals surface area contributed by atoms with Crippen LogP contribution in [0, 0.1) is 0 Å². The Labute approximate surface area is 107 Å². The molecule has 18 heavy (non-hydrogen) atoms. The van der Waals surface area contributed by atoms with E-state index in [9.17, 15) is 4.79 Å². The second-order valence-electron chi connectivity index (χ2n) is 4.96. The molecule has 1 N–H and O–H groups in total. The minimum Gasteiger partial charge on any atom is -0.478 e. The molecule has 0 spiro atoms. The average Bonchev–Trinajstić information content (AvgIpc) is 2.27. The molecule has 0 aliphatic carbocycles. The SMILES string of the molecule is CC1CN(Cc2cccc(C(=O)O)c2)CC(C)O1. The van der Waals surface area contributed by atoms with Crippen LogP contribution in [0.2, 0.25) is 0 Å². The van der Waals surface area contributed by atoms with Crippen LogP contribution in [0.3, 0.4) is 0 Å². The maximum atomic E-state index is 10.9. The van der Waals surface area contributed by atoms with Crippen LogP contribution < -0.4 is 0 Å². The first-order chi connectivity index (χ1) is 8.54. The molecular formula is C14H19NO3. The zero-order valence-corrected chi connectivity index (χ0v) is 10.8. The van der Waals surface area contributed by atoms with Gasteiger partial charge in [-0.15, -0.1) is 0 Å². The summed E-state index contributed by atoms with van der Waals surface area (Å²) in [4.78, 5) is 13.2. The third kappa shape index (κ3) is 3.31. The molecule has 0 amide bonds. The largest absolute Gasteiger partial charge is 0.478 e.